The topological polar surface area (TPSA) is 29.3 Å². The highest BCUT2D eigenvalue weighted by molar-refractivity contribution is 5.56. The first-order valence-corrected chi connectivity index (χ1v) is 5.38. The summed E-state index contributed by atoms with van der Waals surface area (Å²) in [5.41, 5.74) is 5.95. The van der Waals surface area contributed by atoms with Gasteiger partial charge in [-0.3, -0.25) is 0 Å². The molecule has 1 fully saturated rings. The zero-order valence-electron chi connectivity index (χ0n) is 9.80. The maximum absolute atomic E-state index is 13.2. The van der Waals surface area contributed by atoms with E-state index < -0.39 is 30.1 Å². The van der Waals surface area contributed by atoms with Crippen LogP contribution in [-0.2, 0) is 5.54 Å². The van der Waals surface area contributed by atoms with E-state index in [1.54, 1.807) is 25.1 Å². The summed E-state index contributed by atoms with van der Waals surface area (Å²) < 4.78 is 39.2. The first kappa shape index (κ1) is 12.2. The molecule has 2 nitrogen and oxygen atoms in total. The van der Waals surface area contributed by atoms with Gasteiger partial charge in [-0.15, -0.1) is 0 Å². The van der Waals surface area contributed by atoms with Gasteiger partial charge < -0.3 is 10.6 Å². The molecule has 2 rings (SSSR count). The molecule has 1 aromatic carbocycles. The molecule has 1 aliphatic carbocycles. The van der Waals surface area contributed by atoms with Crippen molar-refractivity contribution >= 4 is 5.69 Å². The summed E-state index contributed by atoms with van der Waals surface area (Å²) in [6.07, 6.45) is -0.853. The number of anilines is 1. The van der Waals surface area contributed by atoms with Gasteiger partial charge in [-0.25, -0.2) is 13.2 Å². The predicted molar refractivity (Wildman–Crippen MR) is 60.8 cm³/mol. The van der Waals surface area contributed by atoms with E-state index in [-0.39, 0.29) is 0 Å². The van der Waals surface area contributed by atoms with Crippen molar-refractivity contribution in [2.75, 3.05) is 19.0 Å². The lowest BCUT2D eigenvalue weighted by Crippen LogP contribution is -2.56. The van der Waals surface area contributed by atoms with E-state index in [4.69, 9.17) is 5.73 Å². The quantitative estimate of drug-likeness (QED) is 0.866. The van der Waals surface area contributed by atoms with Crippen molar-refractivity contribution in [1.82, 2.24) is 0 Å². The second-order valence-electron chi connectivity index (χ2n) is 4.92. The molecule has 1 saturated carbocycles. The van der Waals surface area contributed by atoms with E-state index in [9.17, 15) is 13.2 Å². The minimum absolute atomic E-state index is 0.426. The molecule has 2 N–H and O–H groups in total. The van der Waals surface area contributed by atoms with E-state index in [1.165, 1.54) is 12.1 Å². The van der Waals surface area contributed by atoms with Crippen molar-refractivity contribution in [3.8, 4) is 0 Å². The Hall–Kier alpha value is -1.23. The summed E-state index contributed by atoms with van der Waals surface area (Å²) in [5, 5.41) is 0. The number of nitrogens with two attached hydrogens (primary N) is 1. The Bertz CT molecular complexity index is 435. The molecule has 1 aliphatic rings. The maximum Gasteiger partial charge on any atom is 0.252 e. The van der Waals surface area contributed by atoms with Crippen molar-refractivity contribution in [2.24, 2.45) is 5.73 Å². The molecule has 0 bridgehead atoms. The van der Waals surface area contributed by atoms with E-state index in [1.807, 2.05) is 0 Å². The summed E-state index contributed by atoms with van der Waals surface area (Å²) in [4.78, 5) is 1.75. The van der Waals surface area contributed by atoms with Gasteiger partial charge in [-0.1, -0.05) is 0 Å². The van der Waals surface area contributed by atoms with Crippen LogP contribution in [0.4, 0.5) is 18.9 Å². The number of nitrogens with zero attached hydrogens (tertiary/aromatic N) is 1. The molecule has 0 amide bonds. The Morgan fingerprint density at radius 2 is 1.82 bits per heavy atom. The highest BCUT2D eigenvalue weighted by Crippen LogP contribution is 2.51. The van der Waals surface area contributed by atoms with E-state index >= 15 is 0 Å². The fraction of sp³-hybridized carbons (Fsp3) is 0.500. The molecular weight excluding hydrogens is 229 g/mol. The Kier molecular flexibility index (Phi) is 2.61. The van der Waals surface area contributed by atoms with Crippen LogP contribution < -0.4 is 10.6 Å². The van der Waals surface area contributed by atoms with Gasteiger partial charge >= 0.3 is 0 Å². The van der Waals surface area contributed by atoms with Crippen LogP contribution in [0.25, 0.3) is 0 Å². The average molecular weight is 244 g/mol. The molecule has 0 aromatic heterocycles. The molecule has 0 atom stereocenters. The number of benzene rings is 1. The van der Waals surface area contributed by atoms with E-state index in [2.05, 4.69) is 0 Å². The first-order valence-electron chi connectivity index (χ1n) is 5.38. The number of rotatable bonds is 2. The number of halogens is 3. The normalized spacial score (nSPS) is 20.8. The van der Waals surface area contributed by atoms with Crippen LogP contribution in [0.5, 0.6) is 0 Å². The maximum atomic E-state index is 13.2. The van der Waals surface area contributed by atoms with Crippen molar-refractivity contribution < 1.29 is 13.2 Å². The van der Waals surface area contributed by atoms with Gasteiger partial charge in [0.05, 0.1) is 5.54 Å². The van der Waals surface area contributed by atoms with Crippen molar-refractivity contribution in [2.45, 2.75) is 24.3 Å². The summed E-state index contributed by atoms with van der Waals surface area (Å²) >= 11 is 0. The van der Waals surface area contributed by atoms with Crippen molar-refractivity contribution in [3.05, 3.63) is 29.6 Å². The minimum Gasteiger partial charge on any atom is -0.377 e. The van der Waals surface area contributed by atoms with E-state index in [0.717, 1.165) is 0 Å². The Balaban J connectivity index is 2.41. The van der Waals surface area contributed by atoms with Gasteiger partial charge in [-0.05, 0) is 23.8 Å². The smallest absolute Gasteiger partial charge is 0.252 e. The van der Waals surface area contributed by atoms with Crippen molar-refractivity contribution in [1.29, 1.82) is 0 Å². The van der Waals surface area contributed by atoms with Crippen LogP contribution in [-0.4, -0.2) is 20.0 Å². The van der Waals surface area contributed by atoms with Crippen LogP contribution in [0.2, 0.25) is 0 Å². The first-order chi connectivity index (χ1) is 7.73. The molecule has 0 heterocycles. The standard InChI is InChI=1S/C12H15F3N2/c1-17(2)10-4-3-8(13)5-9(10)11(16)6-12(14,15)7-11/h3-5H,6-7,16H2,1-2H3. The molecule has 0 aliphatic heterocycles. The fourth-order valence-corrected chi connectivity index (χ4v) is 2.36. The zero-order valence-corrected chi connectivity index (χ0v) is 9.80. The van der Waals surface area contributed by atoms with Crippen molar-refractivity contribution in [3.63, 3.8) is 0 Å². The molecule has 94 valence electrons. The van der Waals surface area contributed by atoms with Crippen LogP contribution >= 0.6 is 0 Å². The van der Waals surface area contributed by atoms with Crippen LogP contribution in [0.1, 0.15) is 18.4 Å². The monoisotopic (exact) mass is 244 g/mol. The number of hydrogen-bond donors (Lipinski definition) is 1. The third-order valence-electron chi connectivity index (χ3n) is 3.12. The SMILES string of the molecule is CN(C)c1ccc(F)cc1C1(N)CC(F)(F)C1. The molecule has 5 heteroatoms. The predicted octanol–water partition coefficient (Wildman–Crippen LogP) is 2.47. The highest BCUT2D eigenvalue weighted by atomic mass is 19.3. The molecule has 0 spiro atoms. The zero-order chi connectivity index (χ0) is 12.8. The third-order valence-corrected chi connectivity index (χ3v) is 3.12. The molecule has 0 unspecified atom stereocenters. The summed E-state index contributed by atoms with van der Waals surface area (Å²) in [7, 11) is 3.55. The summed E-state index contributed by atoms with van der Waals surface area (Å²) in [6.45, 7) is 0. The Morgan fingerprint density at radius 3 is 2.29 bits per heavy atom. The number of alkyl halides is 2. The minimum atomic E-state index is -2.73. The van der Waals surface area contributed by atoms with Crippen LogP contribution in [0, 0.1) is 5.82 Å². The second kappa shape index (κ2) is 3.63. The van der Waals surface area contributed by atoms with Gasteiger partial charge in [-0.2, -0.15) is 0 Å². The Labute approximate surface area is 98.2 Å². The van der Waals surface area contributed by atoms with Crippen LogP contribution in [0.15, 0.2) is 18.2 Å². The molecular formula is C12H15F3N2. The van der Waals surface area contributed by atoms with Gasteiger partial charge in [0, 0.05) is 32.6 Å². The lowest BCUT2D eigenvalue weighted by atomic mass is 9.69. The molecule has 0 radical (unpaired) electrons. The molecule has 0 saturated heterocycles. The van der Waals surface area contributed by atoms with E-state index in [0.29, 0.717) is 11.3 Å². The van der Waals surface area contributed by atoms with Gasteiger partial charge in [0.1, 0.15) is 5.82 Å². The van der Waals surface area contributed by atoms with Gasteiger partial charge in [0.15, 0.2) is 0 Å². The third kappa shape index (κ3) is 2.11. The molecule has 17 heavy (non-hydrogen) atoms. The lowest BCUT2D eigenvalue weighted by molar-refractivity contribution is -0.124. The average Bonchev–Trinajstić information content (AvgIpc) is 2.13. The fourth-order valence-electron chi connectivity index (χ4n) is 2.36. The highest BCUT2D eigenvalue weighted by Gasteiger charge is 2.56. The summed E-state index contributed by atoms with van der Waals surface area (Å²) in [6, 6.07) is 4.12. The number of hydrogen-bond acceptors (Lipinski definition) is 2. The Morgan fingerprint density at radius 1 is 1.24 bits per heavy atom. The second-order valence-corrected chi connectivity index (χ2v) is 4.92. The lowest BCUT2D eigenvalue weighted by Gasteiger charge is -2.46. The molecule has 1 aromatic rings. The van der Waals surface area contributed by atoms with Crippen LogP contribution in [0.3, 0.4) is 0 Å². The summed E-state index contributed by atoms with van der Waals surface area (Å²) in [5.74, 6) is -3.18. The largest absolute Gasteiger partial charge is 0.377 e. The van der Waals surface area contributed by atoms with Gasteiger partial charge in [0.25, 0.3) is 5.92 Å². The van der Waals surface area contributed by atoms with Gasteiger partial charge in [0.2, 0.25) is 0 Å².